The van der Waals surface area contributed by atoms with Crippen molar-refractivity contribution >= 4 is 5.97 Å². The summed E-state index contributed by atoms with van der Waals surface area (Å²) < 4.78 is 0. The number of hydrogen-bond acceptors (Lipinski definition) is 4. The largest absolute Gasteiger partial charge is 0.481 e. The highest BCUT2D eigenvalue weighted by Gasteiger charge is 2.30. The molecule has 0 radical (unpaired) electrons. The first-order valence-electron chi connectivity index (χ1n) is 5.00. The highest BCUT2D eigenvalue weighted by atomic mass is 16.4. The molecule has 5 heteroatoms. The maximum absolute atomic E-state index is 10.9. The monoisotopic (exact) mass is 201 g/mol. The van der Waals surface area contributed by atoms with Crippen molar-refractivity contribution in [2.75, 3.05) is 33.2 Å². The third kappa shape index (κ3) is 2.94. The van der Waals surface area contributed by atoms with Gasteiger partial charge < -0.3 is 16.2 Å². The number of carboxylic acids is 1. The Morgan fingerprint density at radius 2 is 2.36 bits per heavy atom. The van der Waals surface area contributed by atoms with Crippen molar-refractivity contribution in [3.05, 3.63) is 0 Å². The molecule has 14 heavy (non-hydrogen) atoms. The fourth-order valence-corrected chi connectivity index (χ4v) is 1.94. The van der Waals surface area contributed by atoms with Crippen LogP contribution >= 0.6 is 0 Å². The molecule has 0 aromatic heterocycles. The Kier molecular flexibility index (Phi) is 4.31. The summed E-state index contributed by atoms with van der Waals surface area (Å²) in [6.45, 7) is 2.90. The minimum atomic E-state index is -0.702. The number of likely N-dealkylation sites (N-methyl/N-ethyl adjacent to an activating group) is 1. The number of piperidine rings is 1. The van der Waals surface area contributed by atoms with E-state index in [0.717, 1.165) is 13.1 Å². The summed E-state index contributed by atoms with van der Waals surface area (Å²) in [5, 5.41) is 12.1. The van der Waals surface area contributed by atoms with E-state index in [1.54, 1.807) is 0 Å². The van der Waals surface area contributed by atoms with Crippen LogP contribution in [-0.4, -0.2) is 55.2 Å². The van der Waals surface area contributed by atoms with Crippen LogP contribution in [0.4, 0.5) is 0 Å². The Morgan fingerprint density at radius 3 is 2.86 bits per heavy atom. The van der Waals surface area contributed by atoms with Crippen LogP contribution in [-0.2, 0) is 4.79 Å². The molecule has 0 amide bonds. The van der Waals surface area contributed by atoms with Gasteiger partial charge in [-0.05, 0) is 13.5 Å². The summed E-state index contributed by atoms with van der Waals surface area (Å²) in [6, 6.07) is 0.274. The summed E-state index contributed by atoms with van der Waals surface area (Å²) in [5.41, 5.74) is 5.46. The minimum Gasteiger partial charge on any atom is -0.481 e. The van der Waals surface area contributed by atoms with E-state index in [0.29, 0.717) is 19.5 Å². The molecule has 1 saturated heterocycles. The van der Waals surface area contributed by atoms with Crippen molar-refractivity contribution in [2.45, 2.75) is 12.5 Å². The van der Waals surface area contributed by atoms with Crippen molar-refractivity contribution in [2.24, 2.45) is 11.7 Å². The Labute approximate surface area is 84.3 Å². The molecule has 2 atom stereocenters. The SMILES string of the molecule is CNC1CC(C(=O)O)CN(CCN)C1. The van der Waals surface area contributed by atoms with Crippen molar-refractivity contribution in [3.8, 4) is 0 Å². The second-order valence-corrected chi connectivity index (χ2v) is 3.80. The van der Waals surface area contributed by atoms with Crippen molar-refractivity contribution < 1.29 is 9.90 Å². The summed E-state index contributed by atoms with van der Waals surface area (Å²) in [5.74, 6) is -0.959. The van der Waals surface area contributed by atoms with Gasteiger partial charge in [0, 0.05) is 32.2 Å². The van der Waals surface area contributed by atoms with E-state index in [1.165, 1.54) is 0 Å². The molecule has 0 spiro atoms. The number of carbonyl (C=O) groups is 1. The van der Waals surface area contributed by atoms with Crippen LogP contribution in [0.1, 0.15) is 6.42 Å². The first kappa shape index (κ1) is 11.4. The quantitative estimate of drug-likeness (QED) is 0.540. The van der Waals surface area contributed by atoms with E-state index >= 15 is 0 Å². The lowest BCUT2D eigenvalue weighted by molar-refractivity contribution is -0.144. The van der Waals surface area contributed by atoms with Gasteiger partial charge in [0.25, 0.3) is 0 Å². The van der Waals surface area contributed by atoms with E-state index in [4.69, 9.17) is 10.8 Å². The van der Waals surface area contributed by atoms with Crippen LogP contribution in [0.2, 0.25) is 0 Å². The summed E-state index contributed by atoms with van der Waals surface area (Å²) in [4.78, 5) is 13.0. The second-order valence-electron chi connectivity index (χ2n) is 3.80. The molecule has 5 nitrogen and oxygen atoms in total. The fourth-order valence-electron chi connectivity index (χ4n) is 1.94. The van der Waals surface area contributed by atoms with Gasteiger partial charge in [-0.25, -0.2) is 0 Å². The highest BCUT2D eigenvalue weighted by molar-refractivity contribution is 5.70. The molecule has 0 aliphatic carbocycles. The Balaban J connectivity index is 2.52. The van der Waals surface area contributed by atoms with Crippen LogP contribution in [0.5, 0.6) is 0 Å². The van der Waals surface area contributed by atoms with Crippen LogP contribution in [0.15, 0.2) is 0 Å². The third-order valence-electron chi connectivity index (χ3n) is 2.73. The molecule has 0 saturated carbocycles. The average molecular weight is 201 g/mol. The average Bonchev–Trinajstić information content (AvgIpc) is 2.17. The van der Waals surface area contributed by atoms with Crippen molar-refractivity contribution in [3.63, 3.8) is 0 Å². The van der Waals surface area contributed by atoms with Crippen LogP contribution in [0, 0.1) is 5.92 Å². The molecule has 4 N–H and O–H groups in total. The summed E-state index contributed by atoms with van der Waals surface area (Å²) >= 11 is 0. The molecule has 0 aromatic carbocycles. The molecule has 1 aliphatic rings. The molecular weight excluding hydrogens is 182 g/mol. The number of aliphatic carboxylic acids is 1. The van der Waals surface area contributed by atoms with Crippen LogP contribution in [0.25, 0.3) is 0 Å². The van der Waals surface area contributed by atoms with Crippen molar-refractivity contribution in [1.82, 2.24) is 10.2 Å². The third-order valence-corrected chi connectivity index (χ3v) is 2.73. The molecule has 0 aromatic rings. The number of nitrogens with zero attached hydrogens (tertiary/aromatic N) is 1. The van der Waals surface area contributed by atoms with Gasteiger partial charge in [0.1, 0.15) is 0 Å². The van der Waals surface area contributed by atoms with E-state index in [2.05, 4.69) is 10.2 Å². The predicted molar refractivity (Wildman–Crippen MR) is 54.1 cm³/mol. The van der Waals surface area contributed by atoms with E-state index in [-0.39, 0.29) is 12.0 Å². The van der Waals surface area contributed by atoms with E-state index in [1.807, 2.05) is 7.05 Å². The van der Waals surface area contributed by atoms with Gasteiger partial charge in [-0.3, -0.25) is 9.69 Å². The van der Waals surface area contributed by atoms with Gasteiger partial charge in [0.05, 0.1) is 5.92 Å². The molecule has 1 aliphatic heterocycles. The zero-order chi connectivity index (χ0) is 10.6. The Hall–Kier alpha value is -0.650. The lowest BCUT2D eigenvalue weighted by Crippen LogP contribution is -2.51. The molecule has 82 valence electrons. The molecule has 1 heterocycles. The second kappa shape index (κ2) is 5.29. The zero-order valence-electron chi connectivity index (χ0n) is 8.57. The van der Waals surface area contributed by atoms with E-state index < -0.39 is 5.97 Å². The lowest BCUT2D eigenvalue weighted by atomic mass is 9.94. The molecule has 2 unspecified atom stereocenters. The Bertz CT molecular complexity index is 198. The van der Waals surface area contributed by atoms with E-state index in [9.17, 15) is 4.79 Å². The Morgan fingerprint density at radius 1 is 1.64 bits per heavy atom. The number of carboxylic acid groups (broad SMARTS) is 1. The smallest absolute Gasteiger partial charge is 0.307 e. The minimum absolute atomic E-state index is 0.257. The number of nitrogens with one attached hydrogen (secondary N) is 1. The number of nitrogens with two attached hydrogens (primary N) is 1. The normalized spacial score (nSPS) is 29.0. The molecular formula is C9H19N3O2. The van der Waals surface area contributed by atoms with Crippen LogP contribution < -0.4 is 11.1 Å². The lowest BCUT2D eigenvalue weighted by Gasteiger charge is -2.35. The molecule has 1 fully saturated rings. The van der Waals surface area contributed by atoms with Gasteiger partial charge in [0.2, 0.25) is 0 Å². The van der Waals surface area contributed by atoms with Gasteiger partial charge in [-0.15, -0.1) is 0 Å². The highest BCUT2D eigenvalue weighted by Crippen LogP contribution is 2.16. The predicted octanol–water partition coefficient (Wildman–Crippen LogP) is -1.06. The summed E-state index contributed by atoms with van der Waals surface area (Å²) in [7, 11) is 1.87. The summed E-state index contributed by atoms with van der Waals surface area (Å²) in [6.07, 6.45) is 0.715. The number of hydrogen-bond donors (Lipinski definition) is 3. The molecule has 0 bridgehead atoms. The zero-order valence-corrected chi connectivity index (χ0v) is 8.57. The number of rotatable bonds is 4. The standard InChI is InChI=1S/C9H19N3O2/c1-11-8-4-7(9(13)14)5-12(6-8)3-2-10/h7-8,11H,2-6,10H2,1H3,(H,13,14). The van der Waals surface area contributed by atoms with Crippen LogP contribution in [0.3, 0.4) is 0 Å². The van der Waals surface area contributed by atoms with Gasteiger partial charge in [-0.2, -0.15) is 0 Å². The topological polar surface area (TPSA) is 78.6 Å². The maximum Gasteiger partial charge on any atom is 0.307 e. The van der Waals surface area contributed by atoms with Gasteiger partial charge in [-0.1, -0.05) is 0 Å². The first-order chi connectivity index (χ1) is 6.67. The van der Waals surface area contributed by atoms with Gasteiger partial charge >= 0.3 is 5.97 Å². The first-order valence-corrected chi connectivity index (χ1v) is 5.00. The number of likely N-dealkylation sites (tertiary alicyclic amines) is 1. The molecule has 1 rings (SSSR count). The van der Waals surface area contributed by atoms with Gasteiger partial charge in [0.15, 0.2) is 0 Å². The maximum atomic E-state index is 10.9. The van der Waals surface area contributed by atoms with Crippen molar-refractivity contribution in [1.29, 1.82) is 0 Å². The fraction of sp³-hybridized carbons (Fsp3) is 0.889.